The Morgan fingerprint density at radius 2 is 1.79 bits per heavy atom. The summed E-state index contributed by atoms with van der Waals surface area (Å²) < 4.78 is 23.0. The Morgan fingerprint density at radius 1 is 1.21 bits per heavy atom. The third-order valence-corrected chi connectivity index (χ3v) is 6.33. The first-order valence-electron chi connectivity index (χ1n) is 7.71. The highest BCUT2D eigenvalue weighted by Gasteiger charge is 2.36. The lowest BCUT2D eigenvalue weighted by atomic mass is 10.1. The lowest BCUT2D eigenvalue weighted by Gasteiger charge is -2.24. The Labute approximate surface area is 140 Å². The molecule has 1 aromatic carbocycles. The van der Waals surface area contributed by atoms with E-state index in [2.05, 4.69) is 0 Å². The van der Waals surface area contributed by atoms with Gasteiger partial charge in [-0.25, -0.2) is 8.42 Å². The number of carbonyl (C=O) groups is 3. The number of hydrogen-bond donors (Lipinski definition) is 0. The summed E-state index contributed by atoms with van der Waals surface area (Å²) >= 11 is 0. The van der Waals surface area contributed by atoms with E-state index in [-0.39, 0.29) is 36.4 Å². The van der Waals surface area contributed by atoms with E-state index in [4.69, 9.17) is 0 Å². The zero-order valence-electron chi connectivity index (χ0n) is 13.3. The maximum atomic E-state index is 12.3. The molecule has 1 atom stereocenters. The van der Waals surface area contributed by atoms with E-state index in [9.17, 15) is 22.8 Å². The first-order chi connectivity index (χ1) is 11.3. The normalized spacial score (nSPS) is 21.9. The minimum atomic E-state index is -3.07. The van der Waals surface area contributed by atoms with Crippen molar-refractivity contribution < 1.29 is 22.8 Å². The first kappa shape index (κ1) is 16.6. The van der Waals surface area contributed by atoms with Crippen molar-refractivity contribution in [3.8, 4) is 0 Å². The van der Waals surface area contributed by atoms with E-state index in [1.54, 1.807) is 31.3 Å². The quantitative estimate of drug-likeness (QED) is 0.729. The highest BCUT2D eigenvalue weighted by Crippen LogP contribution is 2.23. The van der Waals surface area contributed by atoms with Gasteiger partial charge < -0.3 is 4.90 Å². The molecular weight excluding hydrogens is 332 g/mol. The molecule has 1 saturated heterocycles. The molecule has 1 aromatic rings. The first-order valence-corrected chi connectivity index (χ1v) is 9.53. The fraction of sp³-hybridized carbons (Fsp3) is 0.438. The van der Waals surface area contributed by atoms with E-state index < -0.39 is 21.7 Å². The molecule has 7 nitrogen and oxygen atoms in total. The van der Waals surface area contributed by atoms with E-state index in [0.29, 0.717) is 17.5 Å². The number of imide groups is 1. The third-order valence-electron chi connectivity index (χ3n) is 4.58. The molecule has 0 N–H and O–H groups in total. The minimum Gasteiger partial charge on any atom is -0.342 e. The van der Waals surface area contributed by atoms with Crippen molar-refractivity contribution in [2.75, 3.05) is 25.1 Å². The molecule has 0 aliphatic carbocycles. The van der Waals surface area contributed by atoms with E-state index >= 15 is 0 Å². The van der Waals surface area contributed by atoms with Gasteiger partial charge in [-0.05, 0) is 18.6 Å². The maximum Gasteiger partial charge on any atom is 0.261 e. The Bertz CT molecular complexity index is 783. The summed E-state index contributed by atoms with van der Waals surface area (Å²) in [5.74, 6) is -0.992. The van der Waals surface area contributed by atoms with Crippen LogP contribution in [0.15, 0.2) is 24.3 Å². The molecule has 3 rings (SSSR count). The van der Waals surface area contributed by atoms with Gasteiger partial charge in [0.15, 0.2) is 9.84 Å². The number of carbonyl (C=O) groups excluding carboxylic acids is 3. The van der Waals surface area contributed by atoms with Gasteiger partial charge in [-0.15, -0.1) is 0 Å². The summed E-state index contributed by atoms with van der Waals surface area (Å²) in [5, 5.41) is 0. The van der Waals surface area contributed by atoms with Gasteiger partial charge in [-0.1, -0.05) is 12.1 Å². The third kappa shape index (κ3) is 2.93. The fourth-order valence-corrected chi connectivity index (χ4v) is 4.88. The fourth-order valence-electron chi connectivity index (χ4n) is 3.11. The number of benzene rings is 1. The molecule has 2 heterocycles. The van der Waals surface area contributed by atoms with E-state index in [0.717, 1.165) is 4.90 Å². The summed E-state index contributed by atoms with van der Waals surface area (Å²) in [5.41, 5.74) is 0.704. The molecule has 8 heteroatoms. The zero-order chi connectivity index (χ0) is 17.5. The van der Waals surface area contributed by atoms with Crippen molar-refractivity contribution in [1.29, 1.82) is 0 Å². The van der Waals surface area contributed by atoms with Crippen molar-refractivity contribution >= 4 is 27.6 Å². The molecule has 3 amide bonds. The van der Waals surface area contributed by atoms with Gasteiger partial charge in [0.2, 0.25) is 5.91 Å². The van der Waals surface area contributed by atoms with Crippen LogP contribution in [0.5, 0.6) is 0 Å². The van der Waals surface area contributed by atoms with Crippen molar-refractivity contribution in [3.63, 3.8) is 0 Å². The van der Waals surface area contributed by atoms with Crippen LogP contribution in [0.1, 0.15) is 33.6 Å². The van der Waals surface area contributed by atoms with Crippen LogP contribution in [0.25, 0.3) is 0 Å². The number of amides is 3. The van der Waals surface area contributed by atoms with Gasteiger partial charge in [0.1, 0.15) is 0 Å². The molecule has 0 saturated carbocycles. The van der Waals surface area contributed by atoms with Crippen LogP contribution in [0, 0.1) is 0 Å². The smallest absolute Gasteiger partial charge is 0.261 e. The Hall–Kier alpha value is -2.22. The van der Waals surface area contributed by atoms with Crippen LogP contribution in [-0.4, -0.2) is 67.1 Å². The standard InChI is InChI=1S/C16H18N2O5S/c1-17(11-7-9-24(22,23)10-11)14(19)6-8-18-15(20)12-4-2-3-5-13(12)16(18)21/h2-5,11H,6-10H2,1H3/t11-/m1/s1. The van der Waals surface area contributed by atoms with E-state index in [1.165, 1.54) is 4.90 Å². The number of nitrogens with zero attached hydrogens (tertiary/aromatic N) is 2. The Balaban J connectivity index is 1.61. The number of rotatable bonds is 4. The Morgan fingerprint density at radius 3 is 2.29 bits per heavy atom. The maximum absolute atomic E-state index is 12.3. The molecule has 24 heavy (non-hydrogen) atoms. The molecular formula is C16H18N2O5S. The van der Waals surface area contributed by atoms with Gasteiger partial charge in [-0.2, -0.15) is 0 Å². The molecule has 2 aliphatic heterocycles. The van der Waals surface area contributed by atoms with Gasteiger partial charge in [0, 0.05) is 26.1 Å². The van der Waals surface area contributed by atoms with E-state index in [1.807, 2.05) is 0 Å². The van der Waals surface area contributed by atoms with Crippen LogP contribution in [-0.2, 0) is 14.6 Å². The summed E-state index contributed by atoms with van der Waals surface area (Å²) in [6.07, 6.45) is 0.413. The van der Waals surface area contributed by atoms with Crippen LogP contribution < -0.4 is 0 Å². The highest BCUT2D eigenvalue weighted by atomic mass is 32.2. The molecule has 1 fully saturated rings. The predicted molar refractivity (Wildman–Crippen MR) is 86.3 cm³/mol. The molecule has 0 bridgehead atoms. The number of fused-ring (bicyclic) bond motifs is 1. The van der Waals surface area contributed by atoms with Gasteiger partial charge >= 0.3 is 0 Å². The second kappa shape index (κ2) is 6.01. The van der Waals surface area contributed by atoms with Gasteiger partial charge in [0.05, 0.1) is 22.6 Å². The highest BCUT2D eigenvalue weighted by molar-refractivity contribution is 7.91. The summed E-state index contributed by atoms with van der Waals surface area (Å²) in [6.45, 7) is -0.00497. The van der Waals surface area contributed by atoms with Crippen LogP contribution in [0.4, 0.5) is 0 Å². The average molecular weight is 350 g/mol. The lowest BCUT2D eigenvalue weighted by molar-refractivity contribution is -0.131. The number of hydrogen-bond acceptors (Lipinski definition) is 5. The topological polar surface area (TPSA) is 91.8 Å². The second-order valence-corrected chi connectivity index (χ2v) is 8.35. The summed E-state index contributed by atoms with van der Waals surface area (Å²) in [4.78, 5) is 39.2. The second-order valence-electron chi connectivity index (χ2n) is 6.12. The lowest BCUT2D eigenvalue weighted by Crippen LogP contribution is -2.40. The van der Waals surface area contributed by atoms with Crippen molar-refractivity contribution in [3.05, 3.63) is 35.4 Å². The molecule has 0 radical (unpaired) electrons. The molecule has 2 aliphatic rings. The van der Waals surface area contributed by atoms with Crippen molar-refractivity contribution in [2.45, 2.75) is 18.9 Å². The van der Waals surface area contributed by atoms with Gasteiger partial charge in [-0.3, -0.25) is 19.3 Å². The summed E-state index contributed by atoms with van der Waals surface area (Å²) in [7, 11) is -1.51. The monoisotopic (exact) mass is 350 g/mol. The van der Waals surface area contributed by atoms with Crippen molar-refractivity contribution in [1.82, 2.24) is 9.80 Å². The SMILES string of the molecule is CN(C(=O)CCN1C(=O)c2ccccc2C1=O)[C@@H]1CCS(=O)(=O)C1. The zero-order valence-corrected chi connectivity index (χ0v) is 14.1. The Kier molecular flexibility index (Phi) is 4.16. The van der Waals surface area contributed by atoms with Crippen molar-refractivity contribution in [2.24, 2.45) is 0 Å². The van der Waals surface area contributed by atoms with Gasteiger partial charge in [0.25, 0.3) is 11.8 Å². The largest absolute Gasteiger partial charge is 0.342 e. The molecule has 0 unspecified atom stereocenters. The molecule has 0 spiro atoms. The average Bonchev–Trinajstić information content (AvgIpc) is 3.03. The summed E-state index contributed by atoms with van der Waals surface area (Å²) in [6, 6.07) is 6.23. The van der Waals surface area contributed by atoms with Crippen LogP contribution >= 0.6 is 0 Å². The minimum absolute atomic E-state index is 0.00497. The van der Waals surface area contributed by atoms with Crippen LogP contribution in [0.3, 0.4) is 0 Å². The predicted octanol–water partition coefficient (Wildman–Crippen LogP) is 0.318. The molecule has 128 valence electrons. The molecule has 0 aromatic heterocycles. The van der Waals surface area contributed by atoms with Crippen LogP contribution in [0.2, 0.25) is 0 Å². The number of sulfone groups is 1.